The number of carboxylic acid groups (broad SMARTS) is 1. The lowest BCUT2D eigenvalue weighted by molar-refractivity contribution is -0.141. The molecule has 2 aromatic heterocycles. The number of aryl methyl sites for hydroxylation is 2. The second kappa shape index (κ2) is 9.61. The maximum absolute atomic E-state index is 13.1. The molecule has 2 heterocycles. The molecule has 8 nitrogen and oxygen atoms in total. The van der Waals surface area contributed by atoms with Gasteiger partial charge >= 0.3 is 5.97 Å². The van der Waals surface area contributed by atoms with Crippen molar-refractivity contribution in [2.45, 2.75) is 27.2 Å². The summed E-state index contributed by atoms with van der Waals surface area (Å²) >= 11 is 1.31. The molecule has 1 N–H and O–H groups in total. The Labute approximate surface area is 162 Å². The normalized spacial score (nSPS) is 12.1. The zero-order chi connectivity index (χ0) is 20.0. The van der Waals surface area contributed by atoms with E-state index in [4.69, 9.17) is 4.74 Å². The van der Waals surface area contributed by atoms with E-state index in [1.54, 1.807) is 29.6 Å². The van der Waals surface area contributed by atoms with Crippen molar-refractivity contribution in [3.8, 4) is 10.6 Å². The number of nitrogens with zero attached hydrogens (tertiary/aromatic N) is 4. The van der Waals surface area contributed by atoms with Gasteiger partial charge in [0.25, 0.3) is 5.91 Å². The number of rotatable bonds is 10. The molecule has 1 atom stereocenters. The van der Waals surface area contributed by atoms with Gasteiger partial charge in [-0.3, -0.25) is 14.3 Å². The molecule has 0 aromatic carbocycles. The van der Waals surface area contributed by atoms with Crippen LogP contribution in [0.5, 0.6) is 0 Å². The smallest absolute Gasteiger partial charge is 0.308 e. The van der Waals surface area contributed by atoms with Crippen LogP contribution in [0.3, 0.4) is 0 Å². The molecule has 9 heteroatoms. The summed E-state index contributed by atoms with van der Waals surface area (Å²) in [6, 6.07) is 0. The van der Waals surface area contributed by atoms with E-state index in [-0.39, 0.29) is 12.5 Å². The number of carboxylic acids is 1. The van der Waals surface area contributed by atoms with E-state index in [0.717, 1.165) is 10.6 Å². The highest BCUT2D eigenvalue weighted by Gasteiger charge is 2.25. The van der Waals surface area contributed by atoms with Crippen LogP contribution < -0.4 is 0 Å². The van der Waals surface area contributed by atoms with Gasteiger partial charge in [-0.15, -0.1) is 11.3 Å². The van der Waals surface area contributed by atoms with Crippen molar-refractivity contribution in [1.82, 2.24) is 19.7 Å². The van der Waals surface area contributed by atoms with Crippen molar-refractivity contribution in [1.29, 1.82) is 0 Å². The Hall–Kier alpha value is -2.26. The summed E-state index contributed by atoms with van der Waals surface area (Å²) < 4.78 is 7.02. The van der Waals surface area contributed by atoms with Gasteiger partial charge in [0.2, 0.25) is 0 Å². The van der Waals surface area contributed by atoms with Gasteiger partial charge in [-0.05, 0) is 20.3 Å². The third-order valence-corrected chi connectivity index (χ3v) is 5.26. The molecular weight excluding hydrogens is 368 g/mol. The molecule has 0 saturated carbocycles. The minimum Gasteiger partial charge on any atom is -0.481 e. The summed E-state index contributed by atoms with van der Waals surface area (Å²) in [7, 11) is 1.82. The maximum atomic E-state index is 13.1. The fraction of sp³-hybridized carbons (Fsp3) is 0.556. The highest BCUT2D eigenvalue weighted by Crippen LogP contribution is 2.28. The van der Waals surface area contributed by atoms with Crippen molar-refractivity contribution >= 4 is 23.2 Å². The maximum Gasteiger partial charge on any atom is 0.308 e. The van der Waals surface area contributed by atoms with Crippen LogP contribution in [-0.2, 0) is 16.6 Å². The lowest BCUT2D eigenvalue weighted by atomic mass is 10.1. The zero-order valence-corrected chi connectivity index (χ0v) is 17.0. The standard InChI is InChI=1S/C18H26N4O4S/c1-5-26-8-6-7-22(10-12(2)18(24)25)17(23)15-13(3)20-16(27-15)14-9-19-21(4)11-14/h9,11-12H,5-8,10H2,1-4H3,(H,24,25). The summed E-state index contributed by atoms with van der Waals surface area (Å²) in [5.74, 6) is -1.76. The summed E-state index contributed by atoms with van der Waals surface area (Å²) in [6.07, 6.45) is 4.21. The SMILES string of the molecule is CCOCCCN(CC(C)C(=O)O)C(=O)c1sc(-c2cnn(C)c2)nc1C. The average molecular weight is 394 g/mol. The topological polar surface area (TPSA) is 97.5 Å². The molecule has 0 saturated heterocycles. The van der Waals surface area contributed by atoms with Gasteiger partial charge in [-0.25, -0.2) is 4.98 Å². The van der Waals surface area contributed by atoms with E-state index < -0.39 is 11.9 Å². The lowest BCUT2D eigenvalue weighted by Gasteiger charge is -2.24. The Morgan fingerprint density at radius 2 is 2.19 bits per heavy atom. The van der Waals surface area contributed by atoms with Crippen LogP contribution in [0.1, 0.15) is 35.6 Å². The van der Waals surface area contributed by atoms with E-state index in [1.165, 1.54) is 11.3 Å². The van der Waals surface area contributed by atoms with Crippen LogP contribution in [0.2, 0.25) is 0 Å². The van der Waals surface area contributed by atoms with Crippen molar-refractivity contribution in [3.05, 3.63) is 23.0 Å². The first kappa shape index (κ1) is 21.0. The predicted octanol–water partition coefficient (Wildman–Crippen LogP) is 2.44. The first-order valence-corrected chi connectivity index (χ1v) is 9.71. The summed E-state index contributed by atoms with van der Waals surface area (Å²) in [6.45, 7) is 7.05. The molecule has 148 valence electrons. The highest BCUT2D eigenvalue weighted by molar-refractivity contribution is 7.17. The zero-order valence-electron chi connectivity index (χ0n) is 16.1. The second-order valence-electron chi connectivity index (χ2n) is 6.38. The van der Waals surface area contributed by atoms with E-state index in [0.29, 0.717) is 36.8 Å². The van der Waals surface area contributed by atoms with E-state index >= 15 is 0 Å². The molecule has 1 amide bonds. The number of aliphatic carboxylic acids is 1. The van der Waals surface area contributed by atoms with Gasteiger partial charge in [0, 0.05) is 45.1 Å². The summed E-state index contributed by atoms with van der Waals surface area (Å²) in [5.41, 5.74) is 1.49. The van der Waals surface area contributed by atoms with Gasteiger partial charge in [-0.2, -0.15) is 5.10 Å². The van der Waals surface area contributed by atoms with Crippen molar-refractivity contribution in [3.63, 3.8) is 0 Å². The largest absolute Gasteiger partial charge is 0.481 e. The van der Waals surface area contributed by atoms with Gasteiger partial charge in [0.15, 0.2) is 0 Å². The molecule has 0 radical (unpaired) electrons. The van der Waals surface area contributed by atoms with Crippen molar-refractivity contribution < 1.29 is 19.4 Å². The lowest BCUT2D eigenvalue weighted by Crippen LogP contribution is -2.38. The molecule has 0 aliphatic rings. The number of ether oxygens (including phenoxy) is 1. The summed E-state index contributed by atoms with van der Waals surface area (Å²) in [4.78, 5) is 30.9. The Balaban J connectivity index is 2.19. The molecule has 2 aromatic rings. The first-order chi connectivity index (χ1) is 12.8. The third kappa shape index (κ3) is 5.61. The van der Waals surface area contributed by atoms with Crippen LogP contribution >= 0.6 is 11.3 Å². The Morgan fingerprint density at radius 3 is 2.78 bits per heavy atom. The van der Waals surface area contributed by atoms with Crippen LogP contribution in [0.4, 0.5) is 0 Å². The number of carbonyl (C=O) groups excluding carboxylic acids is 1. The number of hydrogen-bond acceptors (Lipinski definition) is 6. The van der Waals surface area contributed by atoms with Crippen molar-refractivity contribution in [2.24, 2.45) is 13.0 Å². The van der Waals surface area contributed by atoms with E-state index in [2.05, 4.69) is 10.1 Å². The van der Waals surface area contributed by atoms with Crippen LogP contribution in [-0.4, -0.2) is 63.0 Å². The molecule has 0 aliphatic heterocycles. The molecule has 0 spiro atoms. The molecular formula is C18H26N4O4S. The first-order valence-electron chi connectivity index (χ1n) is 8.89. The third-order valence-electron chi connectivity index (χ3n) is 4.07. The molecule has 27 heavy (non-hydrogen) atoms. The predicted molar refractivity (Wildman–Crippen MR) is 103 cm³/mol. The fourth-order valence-corrected chi connectivity index (χ4v) is 3.59. The quantitative estimate of drug-likeness (QED) is 0.622. The Morgan fingerprint density at radius 1 is 1.44 bits per heavy atom. The fourth-order valence-electron chi connectivity index (χ4n) is 2.58. The molecule has 2 rings (SSSR count). The van der Waals surface area contributed by atoms with Gasteiger partial charge in [0.05, 0.1) is 17.8 Å². The average Bonchev–Trinajstić information content (AvgIpc) is 3.22. The Kier molecular flexibility index (Phi) is 7.49. The molecule has 0 aliphatic carbocycles. The van der Waals surface area contributed by atoms with Crippen LogP contribution in [0.15, 0.2) is 12.4 Å². The number of hydrogen-bond donors (Lipinski definition) is 1. The number of thiazole rings is 1. The number of aromatic nitrogens is 3. The summed E-state index contributed by atoms with van der Waals surface area (Å²) in [5, 5.41) is 14.1. The number of amides is 1. The molecule has 0 bridgehead atoms. The monoisotopic (exact) mass is 394 g/mol. The van der Waals surface area contributed by atoms with Gasteiger partial charge in [-0.1, -0.05) is 6.92 Å². The van der Waals surface area contributed by atoms with E-state index in [1.807, 2.05) is 20.2 Å². The Bertz CT molecular complexity index is 786. The number of carbonyl (C=O) groups is 2. The van der Waals surface area contributed by atoms with Crippen LogP contribution in [0.25, 0.3) is 10.6 Å². The van der Waals surface area contributed by atoms with Gasteiger partial charge in [0.1, 0.15) is 9.88 Å². The minimum absolute atomic E-state index is 0.153. The minimum atomic E-state index is -0.922. The van der Waals surface area contributed by atoms with Gasteiger partial charge < -0.3 is 14.7 Å². The molecule has 1 unspecified atom stereocenters. The van der Waals surface area contributed by atoms with E-state index in [9.17, 15) is 14.7 Å². The highest BCUT2D eigenvalue weighted by atomic mass is 32.1. The van der Waals surface area contributed by atoms with Crippen molar-refractivity contribution in [2.75, 3.05) is 26.3 Å². The second-order valence-corrected chi connectivity index (χ2v) is 7.38. The van der Waals surface area contributed by atoms with Crippen LogP contribution in [0, 0.1) is 12.8 Å². The molecule has 0 fully saturated rings.